The van der Waals surface area contributed by atoms with E-state index in [1.165, 1.54) is 18.2 Å². The first kappa shape index (κ1) is 16.1. The number of rotatable bonds is 3. The molecule has 2 N–H and O–H groups in total. The molecule has 2 aliphatic heterocycles. The third-order valence-corrected chi connectivity index (χ3v) is 4.88. The highest BCUT2D eigenvalue weighted by Gasteiger charge is 2.42. The molecular formula is C17H15F3N2O3. The zero-order valence-electron chi connectivity index (χ0n) is 13.0. The average Bonchev–Trinajstić information content (AvgIpc) is 3.26. The summed E-state index contributed by atoms with van der Waals surface area (Å²) in [5.41, 5.74) is 0.363. The molecule has 0 aliphatic carbocycles. The molecule has 132 valence electrons. The Morgan fingerprint density at radius 2 is 2.00 bits per heavy atom. The minimum Gasteiger partial charge on any atom is -0.453 e. The monoisotopic (exact) mass is 352 g/mol. The van der Waals surface area contributed by atoms with Crippen molar-refractivity contribution in [3.05, 3.63) is 35.6 Å². The van der Waals surface area contributed by atoms with Gasteiger partial charge < -0.3 is 15.1 Å². The predicted molar refractivity (Wildman–Crippen MR) is 82.4 cm³/mol. The second-order valence-electron chi connectivity index (χ2n) is 6.55. The summed E-state index contributed by atoms with van der Waals surface area (Å²) in [5.74, 6) is -3.12. The maximum Gasteiger partial charge on any atom is 0.458 e. The van der Waals surface area contributed by atoms with E-state index >= 15 is 0 Å². The molecule has 1 amide bonds. The van der Waals surface area contributed by atoms with Crippen LogP contribution in [0.4, 0.5) is 13.2 Å². The molecule has 2 bridgehead atoms. The van der Waals surface area contributed by atoms with E-state index in [9.17, 15) is 22.8 Å². The van der Waals surface area contributed by atoms with Gasteiger partial charge in [0.1, 0.15) is 5.58 Å². The Bertz CT molecular complexity index is 858. The lowest BCUT2D eigenvalue weighted by molar-refractivity contribution is -0.0898. The Kier molecular flexibility index (Phi) is 3.61. The fraction of sp³-hybridized carbons (Fsp3) is 0.412. The van der Waals surface area contributed by atoms with Crippen LogP contribution in [0.25, 0.3) is 11.0 Å². The molecule has 5 nitrogen and oxygen atoms in total. The van der Waals surface area contributed by atoms with Gasteiger partial charge in [0.25, 0.3) is 5.91 Å². The number of nitrogens with one attached hydrogen (secondary N) is 2. The molecule has 2 saturated heterocycles. The Morgan fingerprint density at radius 3 is 2.64 bits per heavy atom. The molecule has 2 aromatic rings. The maximum absolute atomic E-state index is 12.5. The third kappa shape index (κ3) is 2.90. The van der Waals surface area contributed by atoms with Crippen molar-refractivity contribution in [2.24, 2.45) is 0 Å². The van der Waals surface area contributed by atoms with Gasteiger partial charge in [-0.2, -0.15) is 13.2 Å². The molecule has 0 radical (unpaired) electrons. The van der Waals surface area contributed by atoms with Crippen molar-refractivity contribution in [1.29, 1.82) is 0 Å². The molecule has 3 atom stereocenters. The van der Waals surface area contributed by atoms with Crippen LogP contribution in [0.5, 0.6) is 0 Å². The van der Waals surface area contributed by atoms with Crippen molar-refractivity contribution in [2.45, 2.75) is 43.6 Å². The number of fused-ring (bicyclic) bond motifs is 3. The van der Waals surface area contributed by atoms with Gasteiger partial charge in [0, 0.05) is 29.1 Å². The number of benzene rings is 1. The minimum absolute atomic E-state index is 0.0564. The van der Waals surface area contributed by atoms with Crippen LogP contribution in [0.15, 0.2) is 28.7 Å². The van der Waals surface area contributed by atoms with E-state index in [4.69, 9.17) is 4.42 Å². The Labute approximate surface area is 140 Å². The molecule has 4 rings (SSSR count). The van der Waals surface area contributed by atoms with Crippen LogP contribution in [0.2, 0.25) is 0 Å². The van der Waals surface area contributed by atoms with E-state index in [2.05, 4.69) is 10.6 Å². The van der Waals surface area contributed by atoms with E-state index in [1.807, 2.05) is 0 Å². The van der Waals surface area contributed by atoms with Gasteiger partial charge in [-0.3, -0.25) is 9.59 Å². The van der Waals surface area contributed by atoms with Gasteiger partial charge in [-0.15, -0.1) is 0 Å². The number of amides is 1. The highest BCUT2D eigenvalue weighted by atomic mass is 19.4. The lowest BCUT2D eigenvalue weighted by Crippen LogP contribution is -2.42. The van der Waals surface area contributed by atoms with E-state index < -0.39 is 17.7 Å². The summed E-state index contributed by atoms with van der Waals surface area (Å²) in [6, 6.07) is 6.15. The molecule has 8 heteroatoms. The first-order chi connectivity index (χ1) is 11.8. The Morgan fingerprint density at radius 1 is 1.20 bits per heavy atom. The summed E-state index contributed by atoms with van der Waals surface area (Å²) in [6.45, 7) is 0. The summed E-state index contributed by atoms with van der Waals surface area (Å²) in [7, 11) is 0. The van der Waals surface area contributed by atoms with Crippen LogP contribution in [-0.4, -0.2) is 36.0 Å². The summed E-state index contributed by atoms with van der Waals surface area (Å²) >= 11 is 0. The van der Waals surface area contributed by atoms with Crippen LogP contribution in [0, 0.1) is 0 Å². The molecule has 2 fully saturated rings. The maximum atomic E-state index is 12.5. The average molecular weight is 352 g/mol. The lowest BCUT2D eigenvalue weighted by atomic mass is 9.95. The first-order valence-corrected chi connectivity index (χ1v) is 8.03. The van der Waals surface area contributed by atoms with Crippen molar-refractivity contribution < 1.29 is 27.2 Å². The number of carbonyl (C=O) groups is 2. The van der Waals surface area contributed by atoms with Gasteiger partial charge in [0.2, 0.25) is 0 Å². The standard InChI is InChI=1S/C17H15F3N2O3/c18-17(19,20)15(23)14-5-8-1-2-9(6-13(8)25-14)16(24)22-12-7-10-3-4-11(12)21-10/h1-2,5-6,10-12,21H,3-4,7H2,(H,22,24)/t10-,11+,12-/m1/s1. The largest absolute Gasteiger partial charge is 0.458 e. The highest BCUT2D eigenvalue weighted by Crippen LogP contribution is 2.29. The van der Waals surface area contributed by atoms with E-state index in [0.717, 1.165) is 25.3 Å². The molecular weight excluding hydrogens is 337 g/mol. The zero-order chi connectivity index (χ0) is 17.8. The van der Waals surface area contributed by atoms with Gasteiger partial charge in [-0.1, -0.05) is 6.07 Å². The van der Waals surface area contributed by atoms with Crippen molar-refractivity contribution in [3.8, 4) is 0 Å². The number of Topliss-reactive ketones (excluding diaryl/α,β-unsaturated/α-hetero) is 1. The molecule has 0 spiro atoms. The Balaban J connectivity index is 1.54. The summed E-state index contributed by atoms with van der Waals surface area (Å²) < 4.78 is 42.5. The number of hydrogen-bond acceptors (Lipinski definition) is 4. The molecule has 2 aliphatic rings. The number of furan rings is 1. The van der Waals surface area contributed by atoms with Crippen LogP contribution in [0.1, 0.15) is 40.2 Å². The molecule has 0 saturated carbocycles. The first-order valence-electron chi connectivity index (χ1n) is 8.03. The van der Waals surface area contributed by atoms with E-state index in [-0.39, 0.29) is 29.1 Å². The number of alkyl halides is 3. The van der Waals surface area contributed by atoms with Crippen LogP contribution in [-0.2, 0) is 0 Å². The van der Waals surface area contributed by atoms with Gasteiger partial charge in [0.15, 0.2) is 5.76 Å². The smallest absolute Gasteiger partial charge is 0.453 e. The molecule has 3 heterocycles. The fourth-order valence-electron chi connectivity index (χ4n) is 3.66. The van der Waals surface area contributed by atoms with Gasteiger partial charge >= 0.3 is 12.0 Å². The van der Waals surface area contributed by atoms with Crippen molar-refractivity contribution in [1.82, 2.24) is 10.6 Å². The van der Waals surface area contributed by atoms with Gasteiger partial charge in [-0.25, -0.2) is 0 Å². The highest BCUT2D eigenvalue weighted by molar-refractivity contribution is 6.02. The molecule has 1 aromatic carbocycles. The lowest BCUT2D eigenvalue weighted by Gasteiger charge is -2.21. The van der Waals surface area contributed by atoms with E-state index in [1.54, 1.807) is 0 Å². The number of halogens is 3. The second-order valence-corrected chi connectivity index (χ2v) is 6.55. The normalized spacial score (nSPS) is 25.5. The number of carbonyl (C=O) groups excluding carboxylic acids is 2. The van der Waals surface area contributed by atoms with E-state index in [0.29, 0.717) is 11.4 Å². The van der Waals surface area contributed by atoms with Gasteiger partial charge in [0.05, 0.1) is 0 Å². The Hall–Kier alpha value is -2.35. The predicted octanol–water partition coefficient (Wildman–Crippen LogP) is 2.80. The fourth-order valence-corrected chi connectivity index (χ4v) is 3.66. The molecule has 1 aromatic heterocycles. The topological polar surface area (TPSA) is 71.3 Å². The van der Waals surface area contributed by atoms with Crippen LogP contribution >= 0.6 is 0 Å². The second kappa shape index (κ2) is 5.59. The quantitative estimate of drug-likeness (QED) is 0.834. The molecule has 25 heavy (non-hydrogen) atoms. The SMILES string of the molecule is O=C(N[C@@H]1C[C@H]2CC[C@@H]1N2)c1ccc2cc(C(=O)C(F)(F)F)oc2c1. The summed E-state index contributed by atoms with van der Waals surface area (Å²) in [4.78, 5) is 23.6. The number of ketones is 1. The van der Waals surface area contributed by atoms with Gasteiger partial charge in [-0.05, 0) is 37.5 Å². The van der Waals surface area contributed by atoms with Crippen LogP contribution < -0.4 is 10.6 Å². The zero-order valence-corrected chi connectivity index (χ0v) is 13.0. The molecule has 0 unspecified atom stereocenters. The van der Waals surface area contributed by atoms with Crippen molar-refractivity contribution in [2.75, 3.05) is 0 Å². The van der Waals surface area contributed by atoms with Crippen LogP contribution in [0.3, 0.4) is 0 Å². The number of hydrogen-bond donors (Lipinski definition) is 2. The van der Waals surface area contributed by atoms with Crippen molar-refractivity contribution >= 4 is 22.7 Å². The van der Waals surface area contributed by atoms with Crippen molar-refractivity contribution in [3.63, 3.8) is 0 Å². The minimum atomic E-state index is -5.00. The summed E-state index contributed by atoms with van der Waals surface area (Å²) in [6.07, 6.45) is -1.98. The third-order valence-electron chi connectivity index (χ3n) is 4.88. The summed E-state index contributed by atoms with van der Waals surface area (Å²) in [5, 5.41) is 6.71.